The molecule has 2 heterocycles. The van der Waals surface area contributed by atoms with E-state index in [-0.39, 0.29) is 24.8 Å². The van der Waals surface area contributed by atoms with Crippen molar-refractivity contribution < 1.29 is 22.7 Å². The summed E-state index contributed by atoms with van der Waals surface area (Å²) < 4.78 is 37.8. The second-order valence-electron chi connectivity index (χ2n) is 6.84. The molecular weight excluding hydrogens is 390 g/mol. The molecule has 0 aliphatic carbocycles. The van der Waals surface area contributed by atoms with Gasteiger partial charge >= 0.3 is 5.97 Å². The van der Waals surface area contributed by atoms with Gasteiger partial charge in [0.15, 0.2) is 0 Å². The summed E-state index contributed by atoms with van der Waals surface area (Å²) in [7, 11) is -3.81. The normalized spacial score (nSPS) is 18.3. The first-order chi connectivity index (χ1) is 13.9. The SMILES string of the molecule is CCOC(=O)C1=CC2C(=C(c3ccccc3)N1S(C)(=O)=O)COc1ccccc12. The Morgan fingerprint density at radius 2 is 1.83 bits per heavy atom. The van der Waals surface area contributed by atoms with Crippen LogP contribution < -0.4 is 4.74 Å². The molecule has 0 aromatic heterocycles. The molecule has 1 atom stereocenters. The molecule has 2 aliphatic heterocycles. The third-order valence-corrected chi connectivity index (χ3v) is 5.97. The Morgan fingerprint density at radius 1 is 1.14 bits per heavy atom. The molecule has 0 fully saturated rings. The molecule has 6 nitrogen and oxygen atoms in total. The number of benzene rings is 2. The van der Waals surface area contributed by atoms with E-state index in [0.717, 1.165) is 27.4 Å². The zero-order valence-corrected chi connectivity index (χ0v) is 17.0. The van der Waals surface area contributed by atoms with E-state index in [4.69, 9.17) is 9.47 Å². The number of nitrogens with zero attached hydrogens (tertiary/aromatic N) is 1. The predicted molar refractivity (Wildman–Crippen MR) is 109 cm³/mol. The Morgan fingerprint density at radius 3 is 2.52 bits per heavy atom. The Bertz CT molecular complexity index is 1120. The van der Waals surface area contributed by atoms with Gasteiger partial charge in [0.2, 0.25) is 10.0 Å². The number of esters is 1. The second kappa shape index (κ2) is 7.40. The van der Waals surface area contributed by atoms with Crippen LogP contribution in [0.2, 0.25) is 0 Å². The molecule has 0 bridgehead atoms. The van der Waals surface area contributed by atoms with E-state index in [1.54, 1.807) is 13.0 Å². The standard InChI is InChI=1S/C22H21NO5S/c1-3-27-22(24)19-13-17-16-11-7-8-12-20(16)28-14-18(17)21(23(19)29(2,25)26)15-9-5-4-6-10-15/h4-13,17H,3,14H2,1-2H3. The van der Waals surface area contributed by atoms with Gasteiger partial charge in [0, 0.05) is 17.1 Å². The van der Waals surface area contributed by atoms with Crippen molar-refractivity contribution in [2.24, 2.45) is 0 Å². The van der Waals surface area contributed by atoms with Crippen molar-refractivity contribution in [3.05, 3.63) is 83.1 Å². The van der Waals surface area contributed by atoms with E-state index < -0.39 is 16.0 Å². The minimum absolute atomic E-state index is 0.00124. The van der Waals surface area contributed by atoms with Crippen LogP contribution in [-0.4, -0.2) is 38.2 Å². The molecule has 0 N–H and O–H groups in total. The van der Waals surface area contributed by atoms with Crippen LogP contribution in [0, 0.1) is 0 Å². The number of ether oxygens (including phenoxy) is 2. The molecule has 4 rings (SSSR count). The first-order valence-corrected chi connectivity index (χ1v) is 11.2. The maximum absolute atomic E-state index is 12.8. The van der Waals surface area contributed by atoms with Crippen LogP contribution in [0.3, 0.4) is 0 Å². The highest BCUT2D eigenvalue weighted by atomic mass is 32.2. The van der Waals surface area contributed by atoms with E-state index in [1.165, 1.54) is 0 Å². The van der Waals surface area contributed by atoms with E-state index in [0.29, 0.717) is 11.3 Å². The fraction of sp³-hybridized carbons (Fsp3) is 0.227. The summed E-state index contributed by atoms with van der Waals surface area (Å²) in [6.45, 7) is 2.06. The summed E-state index contributed by atoms with van der Waals surface area (Å²) in [5.74, 6) is -0.233. The topological polar surface area (TPSA) is 72.9 Å². The van der Waals surface area contributed by atoms with Crippen LogP contribution >= 0.6 is 0 Å². The van der Waals surface area contributed by atoms with Gasteiger partial charge in [-0.2, -0.15) is 0 Å². The van der Waals surface area contributed by atoms with Crippen molar-refractivity contribution in [3.8, 4) is 5.75 Å². The van der Waals surface area contributed by atoms with Gasteiger partial charge in [-0.25, -0.2) is 17.5 Å². The number of rotatable bonds is 4. The van der Waals surface area contributed by atoms with Gasteiger partial charge < -0.3 is 9.47 Å². The lowest BCUT2D eigenvalue weighted by atomic mass is 9.83. The number of sulfonamides is 1. The first-order valence-electron chi connectivity index (χ1n) is 9.31. The average Bonchev–Trinajstić information content (AvgIpc) is 2.72. The van der Waals surface area contributed by atoms with Crippen LogP contribution in [0.5, 0.6) is 5.75 Å². The molecule has 1 unspecified atom stereocenters. The number of allylic oxidation sites excluding steroid dienone is 1. The van der Waals surface area contributed by atoms with E-state index in [1.807, 2.05) is 54.6 Å². The van der Waals surface area contributed by atoms with Crippen molar-refractivity contribution in [1.82, 2.24) is 4.31 Å². The van der Waals surface area contributed by atoms with Crippen molar-refractivity contribution >= 4 is 21.7 Å². The molecule has 0 spiro atoms. The van der Waals surface area contributed by atoms with Crippen molar-refractivity contribution in [2.45, 2.75) is 12.8 Å². The summed E-state index contributed by atoms with van der Waals surface area (Å²) in [6, 6.07) is 16.7. The van der Waals surface area contributed by atoms with Gasteiger partial charge in [-0.15, -0.1) is 0 Å². The molecule has 2 aromatic carbocycles. The van der Waals surface area contributed by atoms with Crippen LogP contribution in [0.25, 0.3) is 5.70 Å². The van der Waals surface area contributed by atoms with Gasteiger partial charge in [-0.05, 0) is 24.6 Å². The van der Waals surface area contributed by atoms with Gasteiger partial charge in [0.05, 0.1) is 18.6 Å². The van der Waals surface area contributed by atoms with E-state index in [2.05, 4.69) is 0 Å². The maximum Gasteiger partial charge on any atom is 0.355 e. The lowest BCUT2D eigenvalue weighted by Crippen LogP contribution is -2.38. The minimum atomic E-state index is -3.81. The lowest BCUT2D eigenvalue weighted by molar-refractivity contribution is -0.139. The predicted octanol–water partition coefficient (Wildman–Crippen LogP) is 3.30. The van der Waals surface area contributed by atoms with Crippen molar-refractivity contribution in [3.63, 3.8) is 0 Å². The summed E-state index contributed by atoms with van der Waals surface area (Å²) in [5, 5.41) is 0. The molecule has 7 heteroatoms. The quantitative estimate of drug-likeness (QED) is 0.722. The molecule has 0 saturated carbocycles. The fourth-order valence-electron chi connectivity index (χ4n) is 3.78. The Balaban J connectivity index is 2.01. The average molecular weight is 411 g/mol. The Hall–Kier alpha value is -3.06. The Labute approximate surface area is 170 Å². The summed E-state index contributed by atoms with van der Waals surface area (Å²) in [5.41, 5.74) is 2.80. The van der Waals surface area contributed by atoms with Crippen molar-refractivity contribution in [1.29, 1.82) is 0 Å². The minimum Gasteiger partial charge on any atom is -0.489 e. The largest absolute Gasteiger partial charge is 0.489 e. The second-order valence-corrected chi connectivity index (χ2v) is 8.68. The zero-order valence-electron chi connectivity index (χ0n) is 16.2. The molecule has 29 heavy (non-hydrogen) atoms. The smallest absolute Gasteiger partial charge is 0.355 e. The number of carbonyl (C=O) groups excluding carboxylic acids is 1. The number of carbonyl (C=O) groups is 1. The van der Waals surface area contributed by atoms with Crippen molar-refractivity contribution in [2.75, 3.05) is 19.5 Å². The van der Waals surface area contributed by atoms with E-state index >= 15 is 0 Å². The van der Waals surface area contributed by atoms with Gasteiger partial charge in [-0.1, -0.05) is 48.5 Å². The molecule has 0 saturated heterocycles. The highest BCUT2D eigenvalue weighted by Gasteiger charge is 2.40. The molecular formula is C22H21NO5S. The Kier molecular flexibility index (Phi) is 4.92. The van der Waals surface area contributed by atoms with E-state index in [9.17, 15) is 13.2 Å². The highest BCUT2D eigenvalue weighted by Crippen LogP contribution is 2.47. The number of fused-ring (bicyclic) bond motifs is 3. The maximum atomic E-state index is 12.8. The highest BCUT2D eigenvalue weighted by molar-refractivity contribution is 7.88. The first kappa shape index (κ1) is 19.3. The van der Waals surface area contributed by atoms with Gasteiger partial charge in [0.25, 0.3) is 0 Å². The monoisotopic (exact) mass is 411 g/mol. The fourth-order valence-corrected chi connectivity index (χ4v) is 4.83. The van der Waals surface area contributed by atoms with Gasteiger partial charge in [0.1, 0.15) is 18.1 Å². The molecule has 150 valence electrons. The third kappa shape index (κ3) is 3.42. The number of para-hydroxylation sites is 1. The number of hydrogen-bond acceptors (Lipinski definition) is 5. The molecule has 0 amide bonds. The number of hydrogen-bond donors (Lipinski definition) is 0. The van der Waals surface area contributed by atoms with Crippen LogP contribution in [0.4, 0.5) is 0 Å². The van der Waals surface area contributed by atoms with Gasteiger partial charge in [-0.3, -0.25) is 0 Å². The third-order valence-electron chi connectivity index (χ3n) is 4.93. The molecule has 2 aliphatic rings. The summed E-state index contributed by atoms with van der Waals surface area (Å²) >= 11 is 0. The summed E-state index contributed by atoms with van der Waals surface area (Å²) in [4.78, 5) is 12.8. The lowest BCUT2D eigenvalue weighted by Gasteiger charge is -2.38. The van der Waals surface area contributed by atoms with Crippen LogP contribution in [-0.2, 0) is 19.6 Å². The van der Waals surface area contributed by atoms with Crippen LogP contribution in [0.15, 0.2) is 71.9 Å². The molecule has 0 radical (unpaired) electrons. The zero-order chi connectivity index (χ0) is 20.6. The van der Waals surface area contributed by atoms with Crippen LogP contribution in [0.1, 0.15) is 24.0 Å². The molecule has 2 aromatic rings. The summed E-state index contributed by atoms with van der Waals surface area (Å²) in [6.07, 6.45) is 2.75.